The van der Waals surface area contributed by atoms with Gasteiger partial charge in [0, 0.05) is 6.04 Å². The molecule has 0 saturated carbocycles. The summed E-state index contributed by atoms with van der Waals surface area (Å²) in [5.74, 6) is 0.642. The largest absolute Gasteiger partial charge is 0.336 e. The molecule has 0 amide bonds. The van der Waals surface area contributed by atoms with Gasteiger partial charge in [0.2, 0.25) is 5.82 Å². The summed E-state index contributed by atoms with van der Waals surface area (Å²) in [6.45, 7) is 4.05. The Hall–Kier alpha value is -1.36. The van der Waals surface area contributed by atoms with E-state index in [1.165, 1.54) is 0 Å². The normalized spacial score (nSPS) is 10.8. The zero-order valence-corrected chi connectivity index (χ0v) is 8.84. The van der Waals surface area contributed by atoms with Crippen LogP contribution in [0.2, 0.25) is 0 Å². The molecule has 0 bridgehead atoms. The van der Waals surface area contributed by atoms with Gasteiger partial charge < -0.3 is 9.84 Å². The fraction of sp³-hybridized carbons (Fsp3) is 0.333. The number of anilines is 1. The van der Waals surface area contributed by atoms with Gasteiger partial charge in [-0.1, -0.05) is 11.2 Å². The number of hydrogen-bond acceptors (Lipinski definition) is 5. The summed E-state index contributed by atoms with van der Waals surface area (Å²) >= 11 is 1.60. The second-order valence-corrected chi connectivity index (χ2v) is 4.15. The van der Waals surface area contributed by atoms with Gasteiger partial charge in [-0.2, -0.15) is 4.98 Å². The zero-order chi connectivity index (χ0) is 9.97. The number of thiophene rings is 1. The molecule has 2 rings (SSSR count). The van der Waals surface area contributed by atoms with E-state index in [-0.39, 0.29) is 0 Å². The van der Waals surface area contributed by atoms with Gasteiger partial charge in [0.1, 0.15) is 0 Å². The van der Waals surface area contributed by atoms with E-state index in [2.05, 4.69) is 15.5 Å². The van der Waals surface area contributed by atoms with Crippen LogP contribution in [0.5, 0.6) is 0 Å². The molecule has 0 aliphatic carbocycles. The highest BCUT2D eigenvalue weighted by Crippen LogP contribution is 2.22. The van der Waals surface area contributed by atoms with Crippen LogP contribution in [0.15, 0.2) is 22.0 Å². The Balaban J connectivity index is 2.18. The lowest BCUT2D eigenvalue weighted by atomic mass is 10.4. The molecular formula is C9H11N3OS. The molecule has 0 atom stereocenters. The van der Waals surface area contributed by atoms with Crippen molar-refractivity contribution >= 4 is 17.4 Å². The topological polar surface area (TPSA) is 51.0 Å². The molecule has 2 aromatic rings. The van der Waals surface area contributed by atoms with Crippen molar-refractivity contribution in [3.63, 3.8) is 0 Å². The van der Waals surface area contributed by atoms with Crippen LogP contribution in [0.1, 0.15) is 13.8 Å². The molecule has 4 nitrogen and oxygen atoms in total. The van der Waals surface area contributed by atoms with Crippen molar-refractivity contribution < 1.29 is 4.52 Å². The van der Waals surface area contributed by atoms with Crippen molar-refractivity contribution in [1.29, 1.82) is 0 Å². The summed E-state index contributed by atoms with van der Waals surface area (Å²) in [5.41, 5.74) is 0. The first kappa shape index (κ1) is 9.21. The van der Waals surface area contributed by atoms with E-state index in [1.807, 2.05) is 31.4 Å². The molecule has 1 N–H and O–H groups in total. The summed E-state index contributed by atoms with van der Waals surface area (Å²) in [6, 6.07) is 4.70. The summed E-state index contributed by atoms with van der Waals surface area (Å²) in [5, 5.41) is 8.91. The average molecular weight is 209 g/mol. The molecule has 0 radical (unpaired) electrons. The number of nitrogens with one attached hydrogen (secondary N) is 1. The Kier molecular flexibility index (Phi) is 2.49. The fourth-order valence-electron chi connectivity index (χ4n) is 1.03. The first-order chi connectivity index (χ1) is 6.75. The standard InChI is InChI=1S/C9H11N3OS/c1-6(2)10-9-11-8(12-13-9)7-4-3-5-14-7/h3-6H,1-2H3,(H,10,11,12). The van der Waals surface area contributed by atoms with Gasteiger partial charge in [0.05, 0.1) is 4.88 Å². The smallest absolute Gasteiger partial charge is 0.322 e. The molecule has 0 aliphatic heterocycles. The molecule has 14 heavy (non-hydrogen) atoms. The maximum atomic E-state index is 5.03. The van der Waals surface area contributed by atoms with Crippen LogP contribution in [0.4, 0.5) is 6.01 Å². The van der Waals surface area contributed by atoms with Crippen LogP contribution in [-0.4, -0.2) is 16.2 Å². The predicted molar refractivity (Wildman–Crippen MR) is 56.4 cm³/mol. The zero-order valence-electron chi connectivity index (χ0n) is 8.02. The molecule has 0 fully saturated rings. The Labute approximate surface area is 86.0 Å². The van der Waals surface area contributed by atoms with E-state index in [0.717, 1.165) is 4.88 Å². The monoisotopic (exact) mass is 209 g/mol. The third-order valence-electron chi connectivity index (χ3n) is 1.58. The van der Waals surface area contributed by atoms with E-state index in [1.54, 1.807) is 11.3 Å². The highest BCUT2D eigenvalue weighted by atomic mass is 32.1. The second-order valence-electron chi connectivity index (χ2n) is 3.20. The van der Waals surface area contributed by atoms with Crippen LogP contribution in [0.3, 0.4) is 0 Å². The number of nitrogens with zero attached hydrogens (tertiary/aromatic N) is 2. The first-order valence-electron chi connectivity index (χ1n) is 4.40. The second kappa shape index (κ2) is 3.79. The lowest BCUT2D eigenvalue weighted by molar-refractivity contribution is 0.429. The molecular weight excluding hydrogens is 198 g/mol. The summed E-state index contributed by atoms with van der Waals surface area (Å²) in [6.07, 6.45) is 0. The molecule has 2 heterocycles. The van der Waals surface area contributed by atoms with Gasteiger partial charge in [0.25, 0.3) is 0 Å². The van der Waals surface area contributed by atoms with E-state index in [4.69, 9.17) is 4.52 Å². The predicted octanol–water partition coefficient (Wildman–Crippen LogP) is 2.62. The Morgan fingerprint density at radius 3 is 3.00 bits per heavy atom. The van der Waals surface area contributed by atoms with Gasteiger partial charge in [-0.3, -0.25) is 0 Å². The van der Waals surface area contributed by atoms with Crippen molar-refractivity contribution in [3.05, 3.63) is 17.5 Å². The van der Waals surface area contributed by atoms with E-state index < -0.39 is 0 Å². The van der Waals surface area contributed by atoms with Gasteiger partial charge >= 0.3 is 6.01 Å². The van der Waals surface area contributed by atoms with Crippen molar-refractivity contribution in [2.24, 2.45) is 0 Å². The summed E-state index contributed by atoms with van der Waals surface area (Å²) < 4.78 is 5.03. The lowest BCUT2D eigenvalue weighted by Crippen LogP contribution is -2.09. The van der Waals surface area contributed by atoms with Crippen molar-refractivity contribution in [3.8, 4) is 10.7 Å². The lowest BCUT2D eigenvalue weighted by Gasteiger charge is -2.01. The minimum absolute atomic E-state index is 0.298. The quantitative estimate of drug-likeness (QED) is 0.844. The molecule has 0 unspecified atom stereocenters. The van der Waals surface area contributed by atoms with E-state index >= 15 is 0 Å². The van der Waals surface area contributed by atoms with Crippen LogP contribution >= 0.6 is 11.3 Å². The van der Waals surface area contributed by atoms with Crippen molar-refractivity contribution in [1.82, 2.24) is 10.1 Å². The van der Waals surface area contributed by atoms with Gasteiger partial charge in [-0.25, -0.2) is 0 Å². The molecule has 0 saturated heterocycles. The maximum Gasteiger partial charge on any atom is 0.322 e. The van der Waals surface area contributed by atoms with Crippen LogP contribution < -0.4 is 5.32 Å². The highest BCUT2D eigenvalue weighted by Gasteiger charge is 2.09. The van der Waals surface area contributed by atoms with Gasteiger partial charge in [-0.05, 0) is 25.3 Å². The first-order valence-corrected chi connectivity index (χ1v) is 5.28. The van der Waals surface area contributed by atoms with Crippen molar-refractivity contribution in [2.75, 3.05) is 5.32 Å². The van der Waals surface area contributed by atoms with Crippen LogP contribution in [-0.2, 0) is 0 Å². The van der Waals surface area contributed by atoms with Gasteiger partial charge in [-0.15, -0.1) is 11.3 Å². The van der Waals surface area contributed by atoms with E-state index in [0.29, 0.717) is 17.9 Å². The molecule has 74 valence electrons. The SMILES string of the molecule is CC(C)Nc1nc(-c2cccs2)no1. The number of hydrogen-bond donors (Lipinski definition) is 1. The Morgan fingerprint density at radius 1 is 1.50 bits per heavy atom. The molecule has 5 heteroatoms. The Bertz CT molecular complexity index is 394. The number of aromatic nitrogens is 2. The molecule has 0 spiro atoms. The van der Waals surface area contributed by atoms with Crippen LogP contribution in [0.25, 0.3) is 10.7 Å². The maximum absolute atomic E-state index is 5.03. The van der Waals surface area contributed by atoms with Crippen molar-refractivity contribution in [2.45, 2.75) is 19.9 Å². The third-order valence-corrected chi connectivity index (χ3v) is 2.45. The summed E-state index contributed by atoms with van der Waals surface area (Å²) in [4.78, 5) is 5.23. The van der Waals surface area contributed by atoms with Gasteiger partial charge in [0.15, 0.2) is 0 Å². The molecule has 2 aromatic heterocycles. The van der Waals surface area contributed by atoms with E-state index in [9.17, 15) is 0 Å². The minimum Gasteiger partial charge on any atom is -0.336 e. The Morgan fingerprint density at radius 2 is 2.36 bits per heavy atom. The summed E-state index contributed by atoms with van der Waals surface area (Å²) in [7, 11) is 0. The number of rotatable bonds is 3. The fourth-order valence-corrected chi connectivity index (χ4v) is 1.68. The van der Waals surface area contributed by atoms with Crippen LogP contribution in [0, 0.1) is 0 Å². The third kappa shape index (κ3) is 1.93. The average Bonchev–Trinajstić information content (AvgIpc) is 2.69. The molecule has 0 aromatic carbocycles. The molecule has 0 aliphatic rings. The minimum atomic E-state index is 0.298. The highest BCUT2D eigenvalue weighted by molar-refractivity contribution is 7.13.